The van der Waals surface area contributed by atoms with E-state index in [0.717, 1.165) is 29.6 Å². The van der Waals surface area contributed by atoms with E-state index in [2.05, 4.69) is 20.2 Å². The lowest BCUT2D eigenvalue weighted by atomic mass is 9.92. The van der Waals surface area contributed by atoms with E-state index in [9.17, 15) is 40.3 Å². The lowest BCUT2D eigenvalue weighted by Crippen LogP contribution is -2.49. The maximum Gasteiger partial charge on any atom is 0.411 e. The predicted molar refractivity (Wildman–Crippen MR) is 182 cm³/mol. The Morgan fingerprint density at radius 2 is 1.75 bits per heavy atom. The molecule has 0 saturated heterocycles. The number of carbonyl (C=O) groups excluding carboxylic acids is 2. The molecule has 1 aliphatic rings. The van der Waals surface area contributed by atoms with E-state index in [0.29, 0.717) is 21.3 Å². The van der Waals surface area contributed by atoms with Crippen molar-refractivity contribution in [2.45, 2.75) is 70.8 Å². The minimum absolute atomic E-state index is 0.0469. The van der Waals surface area contributed by atoms with Crippen LogP contribution in [0.15, 0.2) is 60.1 Å². The molecule has 0 aliphatic heterocycles. The maximum absolute atomic E-state index is 15.6. The summed E-state index contributed by atoms with van der Waals surface area (Å²) in [5.74, 6) is -3.58. The van der Waals surface area contributed by atoms with Crippen molar-refractivity contribution in [2.24, 2.45) is 16.1 Å². The molecule has 0 unspecified atom stereocenters. The van der Waals surface area contributed by atoms with Crippen molar-refractivity contribution in [3.8, 4) is 16.8 Å². The van der Waals surface area contributed by atoms with Gasteiger partial charge in [0.2, 0.25) is 0 Å². The summed E-state index contributed by atoms with van der Waals surface area (Å²) < 4.78 is 117. The number of nitrogens with zero attached hydrogens (tertiary/aromatic N) is 7. The molecule has 3 N–H and O–H groups in total. The van der Waals surface area contributed by atoms with Crippen LogP contribution in [0, 0.1) is 11.2 Å². The first-order chi connectivity index (χ1) is 25.7. The third kappa shape index (κ3) is 9.34. The number of hydrogen-bond acceptors (Lipinski definition) is 7. The molecule has 1 fully saturated rings. The van der Waals surface area contributed by atoms with Gasteiger partial charge in [0.15, 0.2) is 11.8 Å². The van der Waals surface area contributed by atoms with Crippen LogP contribution in [0.2, 0.25) is 5.02 Å². The van der Waals surface area contributed by atoms with Crippen LogP contribution in [0.25, 0.3) is 16.8 Å². The first-order valence-electron chi connectivity index (χ1n) is 16.5. The molecule has 4 aromatic rings. The monoisotopic (exact) mass is 803 g/mol. The van der Waals surface area contributed by atoms with Crippen LogP contribution in [0.1, 0.15) is 80.8 Å². The van der Waals surface area contributed by atoms with Gasteiger partial charge in [0, 0.05) is 23.9 Å². The largest absolute Gasteiger partial charge is 0.447 e. The van der Waals surface area contributed by atoms with Crippen molar-refractivity contribution in [3.63, 3.8) is 0 Å². The summed E-state index contributed by atoms with van der Waals surface area (Å²) in [6, 6.07) is 5.57. The number of amides is 2. The molecule has 1 aliphatic carbocycles. The van der Waals surface area contributed by atoms with E-state index in [4.69, 9.17) is 22.1 Å². The van der Waals surface area contributed by atoms with Crippen molar-refractivity contribution in [2.75, 3.05) is 13.2 Å². The highest BCUT2D eigenvalue weighted by Gasteiger charge is 2.64. The molecule has 1 atom stereocenters. The Morgan fingerprint density at radius 1 is 1.07 bits per heavy atom. The van der Waals surface area contributed by atoms with Crippen LogP contribution in [-0.2, 0) is 4.74 Å². The fourth-order valence-corrected chi connectivity index (χ4v) is 5.55. The first-order valence-corrected chi connectivity index (χ1v) is 16.8. The Balaban J connectivity index is 1.61. The van der Waals surface area contributed by atoms with E-state index in [1.165, 1.54) is 30.5 Å². The molecule has 5 rings (SSSR count). The number of nitrogens with one attached hydrogen (secondary N) is 1. The number of aliphatic imine (C=N–C) groups is 1. The Morgan fingerprint density at radius 3 is 2.31 bits per heavy atom. The molecule has 296 valence electrons. The second-order valence-corrected chi connectivity index (χ2v) is 14.2. The van der Waals surface area contributed by atoms with Crippen molar-refractivity contribution in [3.05, 3.63) is 82.9 Å². The van der Waals surface area contributed by atoms with Gasteiger partial charge in [-0.05, 0) is 60.1 Å². The summed E-state index contributed by atoms with van der Waals surface area (Å²) in [5, 5.41) is 8.41. The molecule has 21 heteroatoms. The number of benzene rings is 2. The molecule has 55 heavy (non-hydrogen) atoms. The number of aromatic nitrogens is 5. The number of carbonyl (C=O) groups is 2. The standard InChI is InChI=1S/C34H34ClF8N9O3/c1-32(2,3)10-11-45-30(44)51(28(53)19-6-4-18(5-7-19)21-14-47-50(15-21)29(39)40)24(16-55-31(54)49-33(8-9-33)34(41,42)43)20-12-22(36)25(35)23(13-20)52-27(26(37)38)46-17-48-52/h4-7,12-15,17,24,26,29H,8-11,16H2,1-3H3,(H2,44,45)(H,49,54)/t24-/m1/s1. The molecule has 2 aromatic heterocycles. The van der Waals surface area contributed by atoms with Crippen LogP contribution >= 0.6 is 11.6 Å². The Bertz CT molecular complexity index is 2040. The number of nitrogens with two attached hydrogens (primary N) is 1. The lowest BCUT2D eigenvalue weighted by Gasteiger charge is -2.32. The van der Waals surface area contributed by atoms with E-state index in [-0.39, 0.29) is 28.7 Å². The second kappa shape index (κ2) is 15.8. The third-order valence-electron chi connectivity index (χ3n) is 8.60. The molecule has 2 aromatic carbocycles. The summed E-state index contributed by atoms with van der Waals surface area (Å²) in [4.78, 5) is 35.9. The third-order valence-corrected chi connectivity index (χ3v) is 8.97. The van der Waals surface area contributed by atoms with Gasteiger partial charge in [0.05, 0.1) is 17.9 Å². The molecule has 12 nitrogen and oxygen atoms in total. The SMILES string of the molecule is CC(C)(C)CCN=C(N)N(C(=O)c1ccc(-c2cnn(C(F)F)c2)cc1)[C@H](COC(=O)NC1(C(F)(F)F)CC1)c1cc(F)c(Cl)c(-n2ncnc2C(F)F)c1. The number of hydrogen-bond donors (Lipinski definition) is 2. The summed E-state index contributed by atoms with van der Waals surface area (Å²) in [6.07, 6.45) is -6.90. The summed E-state index contributed by atoms with van der Waals surface area (Å²) in [5.41, 5.74) is 3.44. The van der Waals surface area contributed by atoms with E-state index >= 15 is 4.39 Å². The highest BCUT2D eigenvalue weighted by molar-refractivity contribution is 6.32. The average Bonchev–Trinajstić information content (AvgIpc) is 3.47. The molecule has 2 amide bonds. The van der Waals surface area contributed by atoms with Crippen molar-refractivity contribution < 1.29 is 49.4 Å². The van der Waals surface area contributed by atoms with Crippen LogP contribution in [0.4, 0.5) is 39.9 Å². The normalized spacial score (nSPS) is 15.0. The zero-order valence-electron chi connectivity index (χ0n) is 29.3. The number of halogens is 9. The molecule has 0 spiro atoms. The Labute approximate surface area is 313 Å². The summed E-state index contributed by atoms with van der Waals surface area (Å²) in [6.45, 7) is 1.90. The topological polar surface area (TPSA) is 146 Å². The highest BCUT2D eigenvalue weighted by Crippen LogP contribution is 2.49. The fourth-order valence-electron chi connectivity index (χ4n) is 5.36. The summed E-state index contributed by atoms with van der Waals surface area (Å²) in [7, 11) is 0. The van der Waals surface area contributed by atoms with Crippen molar-refractivity contribution in [1.29, 1.82) is 0 Å². The summed E-state index contributed by atoms with van der Waals surface area (Å²) >= 11 is 6.20. The Hall–Kier alpha value is -5.27. The maximum atomic E-state index is 15.6. The van der Waals surface area contributed by atoms with Crippen molar-refractivity contribution >= 4 is 29.6 Å². The molecular formula is C34H34ClF8N9O3. The van der Waals surface area contributed by atoms with Gasteiger partial charge in [-0.15, -0.1) is 0 Å². The first kappa shape index (κ1) is 40.9. The van der Waals surface area contributed by atoms with E-state index < -0.39 is 90.5 Å². The van der Waals surface area contributed by atoms with Gasteiger partial charge >= 0.3 is 18.8 Å². The smallest absolute Gasteiger partial charge is 0.411 e. The van der Waals surface area contributed by atoms with Crippen LogP contribution < -0.4 is 11.1 Å². The van der Waals surface area contributed by atoms with Gasteiger partial charge in [-0.25, -0.2) is 32.3 Å². The number of guanidine groups is 1. The van der Waals surface area contributed by atoms with E-state index in [1.807, 2.05) is 20.8 Å². The fraction of sp³-hybridized carbons (Fsp3) is 0.412. The highest BCUT2D eigenvalue weighted by atomic mass is 35.5. The van der Waals surface area contributed by atoms with Crippen LogP contribution in [0.3, 0.4) is 0 Å². The average molecular weight is 804 g/mol. The second-order valence-electron chi connectivity index (χ2n) is 13.8. The van der Waals surface area contributed by atoms with E-state index in [1.54, 1.807) is 5.32 Å². The molecule has 1 saturated carbocycles. The Kier molecular flexibility index (Phi) is 11.8. The zero-order valence-corrected chi connectivity index (χ0v) is 30.1. The molecular weight excluding hydrogens is 770 g/mol. The molecule has 0 radical (unpaired) electrons. The van der Waals surface area contributed by atoms with Gasteiger partial charge in [-0.2, -0.15) is 32.1 Å². The number of alkyl halides is 7. The zero-order chi connectivity index (χ0) is 40.5. The van der Waals surface area contributed by atoms with Gasteiger partial charge in [0.25, 0.3) is 12.3 Å². The van der Waals surface area contributed by atoms with Crippen LogP contribution in [0.5, 0.6) is 0 Å². The quantitative estimate of drug-likeness (QED) is 0.0839. The predicted octanol–water partition coefficient (Wildman–Crippen LogP) is 8.01. The van der Waals surface area contributed by atoms with Gasteiger partial charge in [-0.3, -0.25) is 14.7 Å². The van der Waals surface area contributed by atoms with Gasteiger partial charge in [0.1, 0.15) is 29.3 Å². The van der Waals surface area contributed by atoms with Gasteiger partial charge in [-0.1, -0.05) is 44.5 Å². The van der Waals surface area contributed by atoms with Crippen molar-refractivity contribution in [1.82, 2.24) is 34.8 Å². The molecule has 0 bridgehead atoms. The lowest BCUT2D eigenvalue weighted by molar-refractivity contribution is -0.164. The van der Waals surface area contributed by atoms with Gasteiger partial charge < -0.3 is 15.8 Å². The number of alkyl carbamates (subject to hydrolysis) is 1. The minimum atomic E-state index is -4.81. The number of ether oxygens (including phenoxy) is 1. The minimum Gasteiger partial charge on any atom is -0.447 e. The number of rotatable bonds is 12. The van der Waals surface area contributed by atoms with Crippen LogP contribution in [-0.4, -0.2) is 72.3 Å². The molecule has 2 heterocycles.